The molecule has 0 aliphatic carbocycles. The number of hydrogen-bond acceptors (Lipinski definition) is 5. The monoisotopic (exact) mass is 456 g/mol. The minimum absolute atomic E-state index is 0.116. The largest absolute Gasteiger partial charge is 0.497 e. The van der Waals surface area contributed by atoms with E-state index in [9.17, 15) is 4.79 Å². The fourth-order valence-corrected chi connectivity index (χ4v) is 3.36. The van der Waals surface area contributed by atoms with Crippen molar-refractivity contribution in [2.24, 2.45) is 0 Å². The van der Waals surface area contributed by atoms with Crippen LogP contribution in [0.4, 0.5) is 0 Å². The Hall–Kier alpha value is -1.79. The van der Waals surface area contributed by atoms with E-state index in [-0.39, 0.29) is 5.43 Å². The van der Waals surface area contributed by atoms with Crippen molar-refractivity contribution in [1.82, 2.24) is 0 Å². The molecule has 3 rings (SSSR count). The van der Waals surface area contributed by atoms with E-state index in [1.165, 1.54) is 6.26 Å². The van der Waals surface area contributed by atoms with Gasteiger partial charge in [-0.25, -0.2) is 0 Å². The van der Waals surface area contributed by atoms with Crippen LogP contribution in [0.1, 0.15) is 0 Å². The zero-order chi connectivity index (χ0) is 17.1. The predicted molar refractivity (Wildman–Crippen MR) is 104 cm³/mol. The average Bonchev–Trinajstić information content (AvgIpc) is 2.61. The molecule has 2 aromatic carbocycles. The van der Waals surface area contributed by atoms with E-state index >= 15 is 0 Å². The van der Waals surface area contributed by atoms with Crippen LogP contribution in [-0.4, -0.2) is 14.2 Å². The smallest absolute Gasteiger partial charge is 0.200 e. The van der Waals surface area contributed by atoms with Gasteiger partial charge in [0, 0.05) is 12.1 Å². The first-order valence-corrected chi connectivity index (χ1v) is 11.0. The maximum absolute atomic E-state index is 12.8. The van der Waals surface area contributed by atoms with Gasteiger partial charge in [0.2, 0.25) is 0 Å². The molecule has 0 N–H and O–H groups in total. The summed E-state index contributed by atoms with van der Waals surface area (Å²) >= 11 is 2.14. The van der Waals surface area contributed by atoms with Gasteiger partial charge in [0.25, 0.3) is 0 Å². The third kappa shape index (κ3) is 3.35. The molecule has 1 aromatic heterocycles. The number of methoxy groups -OCH3 is 2. The van der Waals surface area contributed by atoms with E-state index in [4.69, 9.17) is 18.4 Å². The maximum atomic E-state index is 12.8. The molecular formula is C17H14IO5P. The molecule has 0 amide bonds. The second-order valence-corrected chi connectivity index (χ2v) is 6.60. The molecule has 1 atom stereocenters. The summed E-state index contributed by atoms with van der Waals surface area (Å²) in [6, 6.07) is 10.5. The van der Waals surface area contributed by atoms with Crippen molar-refractivity contribution in [1.29, 1.82) is 0 Å². The van der Waals surface area contributed by atoms with Crippen LogP contribution in [0.25, 0.3) is 22.1 Å². The predicted octanol–water partition coefficient (Wildman–Crippen LogP) is 4.80. The Morgan fingerprint density at radius 3 is 2.33 bits per heavy atom. The van der Waals surface area contributed by atoms with Crippen LogP contribution in [0.3, 0.4) is 0 Å². The zero-order valence-electron chi connectivity index (χ0n) is 13.0. The van der Waals surface area contributed by atoms with Gasteiger partial charge in [-0.2, -0.15) is 0 Å². The van der Waals surface area contributed by atoms with E-state index in [1.807, 2.05) is 0 Å². The van der Waals surface area contributed by atoms with Gasteiger partial charge in [-0.1, -0.05) is 0 Å². The summed E-state index contributed by atoms with van der Waals surface area (Å²) in [6.07, 6.45) is 1.45. The van der Waals surface area contributed by atoms with Gasteiger partial charge >= 0.3 is 0 Å². The molecule has 1 unspecified atom stereocenters. The van der Waals surface area contributed by atoms with Gasteiger partial charge in [-0.3, -0.25) is 4.79 Å². The lowest BCUT2D eigenvalue weighted by molar-refractivity contribution is 0.394. The number of hydrogen-bond donors (Lipinski definition) is 0. The number of ether oxygens (including phenoxy) is 2. The summed E-state index contributed by atoms with van der Waals surface area (Å²) in [5.74, 6) is 1.89. The lowest BCUT2D eigenvalue weighted by Gasteiger charge is -2.09. The summed E-state index contributed by atoms with van der Waals surface area (Å²) in [4.78, 5) is 12.8. The van der Waals surface area contributed by atoms with Crippen molar-refractivity contribution in [2.75, 3.05) is 14.2 Å². The molecule has 0 bridgehead atoms. The van der Waals surface area contributed by atoms with Crippen molar-refractivity contribution in [2.45, 2.75) is 0 Å². The van der Waals surface area contributed by atoms with E-state index < -0.39 is 0 Å². The Kier molecular flexibility index (Phi) is 5.26. The molecule has 0 aliphatic rings. The topological polar surface area (TPSA) is 57.9 Å². The number of rotatable bonds is 5. The van der Waals surface area contributed by atoms with Gasteiger partial charge in [0.05, 0.1) is 25.2 Å². The lowest BCUT2D eigenvalue weighted by Crippen LogP contribution is -2.05. The molecule has 0 spiro atoms. The summed E-state index contributed by atoms with van der Waals surface area (Å²) in [6.45, 7) is 0.298. The Bertz CT molecular complexity index is 916. The van der Waals surface area contributed by atoms with Crippen molar-refractivity contribution in [3.63, 3.8) is 0 Å². The Morgan fingerprint density at radius 1 is 1.00 bits per heavy atom. The molecule has 7 heteroatoms. The van der Waals surface area contributed by atoms with E-state index in [0.29, 0.717) is 45.8 Å². The fraction of sp³-hybridized carbons (Fsp3) is 0.118. The quantitative estimate of drug-likeness (QED) is 0.408. The normalized spacial score (nSPS) is 11.1. The highest BCUT2D eigenvalue weighted by atomic mass is 127. The molecule has 1 heterocycles. The van der Waals surface area contributed by atoms with Crippen LogP contribution in [0, 0.1) is 0 Å². The first kappa shape index (κ1) is 17.0. The van der Waals surface area contributed by atoms with Crippen molar-refractivity contribution < 1.29 is 18.4 Å². The molecule has 0 saturated carbocycles. The Labute approximate surface area is 153 Å². The summed E-state index contributed by atoms with van der Waals surface area (Å²) in [7, 11) is 3.13. The fourth-order valence-electron chi connectivity index (χ4n) is 2.38. The van der Waals surface area contributed by atoms with Gasteiger partial charge < -0.3 is 18.4 Å². The minimum Gasteiger partial charge on any atom is -0.497 e. The minimum atomic E-state index is -0.116. The van der Waals surface area contributed by atoms with E-state index in [1.54, 1.807) is 50.6 Å². The molecule has 24 heavy (non-hydrogen) atoms. The highest BCUT2D eigenvalue weighted by molar-refractivity contribution is 14.2. The molecule has 3 aromatic rings. The molecular weight excluding hydrogens is 442 g/mol. The Balaban J connectivity index is 2.15. The maximum Gasteiger partial charge on any atom is 0.200 e. The molecule has 124 valence electrons. The summed E-state index contributed by atoms with van der Waals surface area (Å²) < 4.78 is 21.6. The third-order valence-corrected chi connectivity index (χ3v) is 4.54. The van der Waals surface area contributed by atoms with Gasteiger partial charge in [0.15, 0.2) is 5.43 Å². The highest BCUT2D eigenvalue weighted by Gasteiger charge is 2.12. The zero-order valence-corrected chi connectivity index (χ0v) is 16.1. The van der Waals surface area contributed by atoms with Gasteiger partial charge in [0.1, 0.15) is 35.5 Å². The Morgan fingerprint density at radius 2 is 1.71 bits per heavy atom. The van der Waals surface area contributed by atoms with Crippen molar-refractivity contribution >= 4 is 39.5 Å². The number of halogens is 1. The number of benzene rings is 2. The van der Waals surface area contributed by atoms with Gasteiger partial charge in [-0.15, -0.1) is 0 Å². The molecule has 0 radical (unpaired) electrons. The second-order valence-electron chi connectivity index (χ2n) is 4.92. The van der Waals surface area contributed by atoms with Crippen LogP contribution in [0.5, 0.6) is 17.2 Å². The molecule has 0 saturated heterocycles. The van der Waals surface area contributed by atoms with Crippen LogP contribution < -0.4 is 19.4 Å². The van der Waals surface area contributed by atoms with E-state index in [0.717, 1.165) is 0 Å². The SMILES string of the molecule is COc1cc(OC)cc(-c2coc3cc(OPI)ccc3c2=O)c1. The van der Waals surface area contributed by atoms with Crippen LogP contribution in [0.15, 0.2) is 51.9 Å². The third-order valence-electron chi connectivity index (χ3n) is 3.56. The highest BCUT2D eigenvalue weighted by Crippen LogP contribution is 2.31. The molecule has 5 nitrogen and oxygen atoms in total. The summed E-state index contributed by atoms with van der Waals surface area (Å²) in [5, 5.41) is 0.499. The van der Waals surface area contributed by atoms with Crippen molar-refractivity contribution in [3.8, 4) is 28.4 Å². The molecule has 0 fully saturated rings. The van der Waals surface area contributed by atoms with Crippen LogP contribution in [0.2, 0.25) is 0 Å². The number of fused-ring (bicyclic) bond motifs is 1. The van der Waals surface area contributed by atoms with Gasteiger partial charge in [-0.05, 0) is 51.9 Å². The first-order valence-electron chi connectivity index (χ1n) is 6.97. The standard InChI is InChI=1S/C17H14IO5P/c1-20-12-5-10(6-13(7-12)21-2)15-9-22-16-8-11(23-24-18)3-4-14(16)17(15)19/h3-9,24H,1-2H3. The van der Waals surface area contributed by atoms with E-state index in [2.05, 4.69) is 22.0 Å². The van der Waals surface area contributed by atoms with Crippen LogP contribution in [-0.2, 0) is 0 Å². The van der Waals surface area contributed by atoms with Crippen molar-refractivity contribution in [3.05, 3.63) is 52.9 Å². The van der Waals surface area contributed by atoms with Crippen LogP contribution >= 0.6 is 28.5 Å². The summed E-state index contributed by atoms with van der Waals surface area (Å²) in [5.41, 5.74) is 1.50. The molecule has 0 aliphatic heterocycles. The second kappa shape index (κ2) is 7.40. The lowest BCUT2D eigenvalue weighted by atomic mass is 10.0. The average molecular weight is 456 g/mol. The first-order chi connectivity index (χ1) is 11.7.